The monoisotopic (exact) mass is 372 g/mol. The number of carboxylic acid groups (broad SMARTS) is 1. The topological polar surface area (TPSA) is 106 Å². The van der Waals surface area contributed by atoms with Crippen LogP contribution in [0.25, 0.3) is 22.2 Å². The number of aromatic nitrogens is 1. The standard InChI is InChI=1S/C19H14F2N2O4/c1-9(8-24)11-6-17-12(5-15(11)21)18(25)13(19(26)27)7-23(17)10-2-3-14(20)16(22)4-10/h2-7,24H,1,8,22H2,(H,26,27). The van der Waals surface area contributed by atoms with Gasteiger partial charge in [0.1, 0.15) is 17.2 Å². The van der Waals surface area contributed by atoms with Gasteiger partial charge in [-0.2, -0.15) is 0 Å². The number of hydrogen-bond donors (Lipinski definition) is 3. The molecule has 0 aliphatic rings. The highest BCUT2D eigenvalue weighted by molar-refractivity contribution is 5.94. The Morgan fingerprint density at radius 3 is 2.44 bits per heavy atom. The average molecular weight is 372 g/mol. The number of aliphatic hydroxyl groups is 1. The third-order valence-electron chi connectivity index (χ3n) is 4.15. The van der Waals surface area contributed by atoms with Crippen LogP contribution in [0, 0.1) is 11.6 Å². The molecule has 0 amide bonds. The van der Waals surface area contributed by atoms with Gasteiger partial charge in [-0.15, -0.1) is 0 Å². The summed E-state index contributed by atoms with van der Waals surface area (Å²) < 4.78 is 29.2. The minimum Gasteiger partial charge on any atom is -0.477 e. The first-order valence-corrected chi connectivity index (χ1v) is 7.71. The molecule has 4 N–H and O–H groups in total. The van der Waals surface area contributed by atoms with Gasteiger partial charge >= 0.3 is 5.97 Å². The van der Waals surface area contributed by atoms with Crippen molar-refractivity contribution in [1.82, 2.24) is 4.57 Å². The zero-order valence-corrected chi connectivity index (χ0v) is 13.9. The van der Waals surface area contributed by atoms with E-state index >= 15 is 0 Å². The van der Waals surface area contributed by atoms with E-state index < -0.39 is 35.2 Å². The van der Waals surface area contributed by atoms with Crippen LogP contribution in [0.5, 0.6) is 0 Å². The van der Waals surface area contributed by atoms with Crippen molar-refractivity contribution < 1.29 is 23.8 Å². The van der Waals surface area contributed by atoms with Gasteiger partial charge in [-0.25, -0.2) is 13.6 Å². The summed E-state index contributed by atoms with van der Waals surface area (Å²) in [6.45, 7) is 3.06. The van der Waals surface area contributed by atoms with E-state index in [1.165, 1.54) is 22.8 Å². The molecule has 27 heavy (non-hydrogen) atoms. The Labute approximate surface area is 151 Å². The molecule has 0 atom stereocenters. The number of carboxylic acids is 1. The smallest absolute Gasteiger partial charge is 0.341 e. The summed E-state index contributed by atoms with van der Waals surface area (Å²) >= 11 is 0. The zero-order valence-electron chi connectivity index (χ0n) is 13.9. The molecule has 8 heteroatoms. The van der Waals surface area contributed by atoms with Crippen molar-refractivity contribution in [2.45, 2.75) is 0 Å². The number of benzene rings is 2. The van der Waals surface area contributed by atoms with E-state index in [-0.39, 0.29) is 33.4 Å². The van der Waals surface area contributed by atoms with Gasteiger partial charge in [-0.1, -0.05) is 6.58 Å². The molecule has 0 bridgehead atoms. The van der Waals surface area contributed by atoms with Crippen LogP contribution in [-0.2, 0) is 0 Å². The van der Waals surface area contributed by atoms with Crippen LogP contribution >= 0.6 is 0 Å². The fourth-order valence-corrected chi connectivity index (χ4v) is 2.75. The number of aromatic carboxylic acids is 1. The zero-order chi connectivity index (χ0) is 19.9. The fourth-order valence-electron chi connectivity index (χ4n) is 2.75. The molecule has 0 fully saturated rings. The number of halogens is 2. The van der Waals surface area contributed by atoms with E-state index in [1.807, 2.05) is 0 Å². The molecule has 138 valence electrons. The van der Waals surface area contributed by atoms with Crippen molar-refractivity contribution in [3.63, 3.8) is 0 Å². The number of pyridine rings is 1. The van der Waals surface area contributed by atoms with Gasteiger partial charge in [0.05, 0.1) is 17.8 Å². The molecular formula is C19H14F2N2O4. The molecular weight excluding hydrogens is 358 g/mol. The molecule has 3 rings (SSSR count). The maximum absolute atomic E-state index is 14.4. The summed E-state index contributed by atoms with van der Waals surface area (Å²) in [5, 5.41) is 18.4. The Morgan fingerprint density at radius 2 is 1.85 bits per heavy atom. The number of rotatable bonds is 4. The Balaban J connectivity index is 2.47. The van der Waals surface area contributed by atoms with E-state index in [0.29, 0.717) is 0 Å². The van der Waals surface area contributed by atoms with Crippen molar-refractivity contribution in [3.8, 4) is 5.69 Å². The van der Waals surface area contributed by atoms with Crippen molar-refractivity contribution in [2.24, 2.45) is 0 Å². The second kappa shape index (κ2) is 6.65. The van der Waals surface area contributed by atoms with E-state index in [0.717, 1.165) is 18.3 Å². The summed E-state index contributed by atoms with van der Waals surface area (Å²) in [6.07, 6.45) is 1.06. The van der Waals surface area contributed by atoms with E-state index in [9.17, 15) is 28.6 Å². The molecule has 0 spiro atoms. The average Bonchev–Trinajstić information content (AvgIpc) is 2.63. The van der Waals surface area contributed by atoms with Crippen molar-refractivity contribution in [2.75, 3.05) is 12.3 Å². The first-order valence-electron chi connectivity index (χ1n) is 7.71. The highest BCUT2D eigenvalue weighted by Crippen LogP contribution is 2.26. The molecule has 6 nitrogen and oxygen atoms in total. The summed E-state index contributed by atoms with van der Waals surface area (Å²) in [5.74, 6) is -2.98. The van der Waals surface area contributed by atoms with Crippen LogP contribution in [0.2, 0.25) is 0 Å². The lowest BCUT2D eigenvalue weighted by atomic mass is 10.0. The van der Waals surface area contributed by atoms with Gasteiger partial charge in [0, 0.05) is 22.8 Å². The number of anilines is 1. The number of hydrogen-bond acceptors (Lipinski definition) is 4. The molecule has 1 heterocycles. The first-order chi connectivity index (χ1) is 12.7. The minimum absolute atomic E-state index is 0.0312. The van der Waals surface area contributed by atoms with Crippen LogP contribution in [0.1, 0.15) is 15.9 Å². The molecule has 2 aromatic carbocycles. The van der Waals surface area contributed by atoms with Crippen molar-refractivity contribution in [3.05, 3.63) is 76.1 Å². The normalized spacial score (nSPS) is 10.9. The summed E-state index contributed by atoms with van der Waals surface area (Å²) in [5.41, 5.74) is 4.42. The predicted molar refractivity (Wildman–Crippen MR) is 97.0 cm³/mol. The highest BCUT2D eigenvalue weighted by atomic mass is 19.1. The number of nitrogens with two attached hydrogens (primary N) is 1. The Kier molecular flexibility index (Phi) is 4.50. The van der Waals surface area contributed by atoms with E-state index in [2.05, 4.69) is 6.58 Å². The summed E-state index contributed by atoms with van der Waals surface area (Å²) in [4.78, 5) is 23.9. The van der Waals surface area contributed by atoms with E-state index in [1.54, 1.807) is 0 Å². The van der Waals surface area contributed by atoms with Crippen LogP contribution in [0.15, 0.2) is 47.9 Å². The van der Waals surface area contributed by atoms with Gasteiger partial charge in [-0.05, 0) is 35.9 Å². The lowest BCUT2D eigenvalue weighted by Gasteiger charge is -2.15. The minimum atomic E-state index is -1.49. The molecule has 0 unspecified atom stereocenters. The Hall–Kier alpha value is -3.52. The largest absolute Gasteiger partial charge is 0.477 e. The van der Waals surface area contributed by atoms with Gasteiger partial charge in [-0.3, -0.25) is 4.79 Å². The van der Waals surface area contributed by atoms with Crippen LogP contribution in [-0.4, -0.2) is 27.4 Å². The Bertz CT molecular complexity index is 1170. The SMILES string of the molecule is C=C(CO)c1cc2c(cc1F)c(=O)c(C(=O)O)cn2-c1ccc(F)c(N)c1. The third-order valence-corrected chi connectivity index (χ3v) is 4.15. The quantitative estimate of drug-likeness (QED) is 0.611. The molecule has 0 aliphatic carbocycles. The molecule has 3 aromatic rings. The molecule has 0 radical (unpaired) electrons. The van der Waals surface area contributed by atoms with E-state index in [4.69, 9.17) is 5.73 Å². The lowest BCUT2D eigenvalue weighted by molar-refractivity contribution is 0.0695. The number of nitrogen functional groups attached to an aromatic ring is 1. The molecule has 0 saturated carbocycles. The second-order valence-corrected chi connectivity index (χ2v) is 5.86. The number of fused-ring (bicyclic) bond motifs is 1. The lowest BCUT2D eigenvalue weighted by Crippen LogP contribution is -2.19. The van der Waals surface area contributed by atoms with Gasteiger partial charge in [0.15, 0.2) is 0 Å². The second-order valence-electron chi connectivity index (χ2n) is 5.86. The maximum Gasteiger partial charge on any atom is 0.341 e. The third kappa shape index (κ3) is 3.06. The van der Waals surface area contributed by atoms with Crippen LogP contribution in [0.3, 0.4) is 0 Å². The Morgan fingerprint density at radius 1 is 1.15 bits per heavy atom. The van der Waals surface area contributed by atoms with Crippen molar-refractivity contribution in [1.29, 1.82) is 0 Å². The molecule has 0 saturated heterocycles. The highest BCUT2D eigenvalue weighted by Gasteiger charge is 2.19. The maximum atomic E-state index is 14.4. The fraction of sp³-hybridized carbons (Fsp3) is 0.0526. The summed E-state index contributed by atoms with van der Waals surface area (Å²) in [7, 11) is 0. The van der Waals surface area contributed by atoms with Gasteiger partial charge in [0.25, 0.3) is 0 Å². The number of carbonyl (C=O) groups is 1. The van der Waals surface area contributed by atoms with Crippen LogP contribution in [0.4, 0.5) is 14.5 Å². The summed E-state index contributed by atoms with van der Waals surface area (Å²) in [6, 6.07) is 5.85. The molecule has 0 aliphatic heterocycles. The van der Waals surface area contributed by atoms with Crippen LogP contribution < -0.4 is 11.2 Å². The predicted octanol–water partition coefficient (Wildman–Crippen LogP) is 2.55. The van der Waals surface area contributed by atoms with Gasteiger partial charge in [0.2, 0.25) is 5.43 Å². The molecule has 1 aromatic heterocycles. The van der Waals surface area contributed by atoms with Gasteiger partial charge < -0.3 is 20.5 Å². The number of nitrogens with zero attached hydrogens (tertiary/aromatic N) is 1. The van der Waals surface area contributed by atoms with Crippen molar-refractivity contribution >= 4 is 28.1 Å². The first kappa shape index (κ1) is 18.3. The number of aliphatic hydroxyl groups excluding tert-OH is 1.